The standard InChI is InChI=1S/C20H19ClFN3O2/c1-4-25(14-10-8-12(2)9-11-14)23-20(26)17-13(3)27-24-19(17)18-15(21)6-5-7-16(18)22/h5-11H,4H2,1-3H3,(H,23,26). The van der Waals surface area contributed by atoms with Gasteiger partial charge in [-0.05, 0) is 45.0 Å². The first-order valence-electron chi connectivity index (χ1n) is 8.48. The molecule has 7 heteroatoms. The number of rotatable bonds is 5. The first-order chi connectivity index (χ1) is 12.9. The summed E-state index contributed by atoms with van der Waals surface area (Å²) in [6, 6.07) is 12.0. The Morgan fingerprint density at radius 3 is 2.56 bits per heavy atom. The second-order valence-corrected chi connectivity index (χ2v) is 6.49. The van der Waals surface area contributed by atoms with E-state index in [0.717, 1.165) is 11.3 Å². The number of hydrazine groups is 1. The van der Waals surface area contributed by atoms with E-state index in [-0.39, 0.29) is 27.6 Å². The SMILES string of the molecule is CCN(NC(=O)c1c(-c2c(F)cccc2Cl)noc1C)c1ccc(C)cc1. The first-order valence-corrected chi connectivity index (χ1v) is 8.86. The van der Waals surface area contributed by atoms with Crippen molar-refractivity contribution < 1.29 is 13.7 Å². The molecular weight excluding hydrogens is 369 g/mol. The highest BCUT2D eigenvalue weighted by atomic mass is 35.5. The van der Waals surface area contributed by atoms with Crippen LogP contribution in [-0.4, -0.2) is 17.6 Å². The van der Waals surface area contributed by atoms with E-state index in [0.29, 0.717) is 6.54 Å². The third-order valence-corrected chi connectivity index (χ3v) is 4.50. The molecule has 0 aliphatic carbocycles. The molecule has 2 aromatic carbocycles. The maximum atomic E-state index is 14.3. The maximum Gasteiger partial charge on any atom is 0.275 e. The van der Waals surface area contributed by atoms with Crippen LogP contribution in [0.25, 0.3) is 11.3 Å². The second-order valence-electron chi connectivity index (χ2n) is 6.08. The number of aromatic nitrogens is 1. The number of carbonyl (C=O) groups excluding carboxylic acids is 1. The molecule has 1 aromatic heterocycles. The molecule has 0 unspecified atom stereocenters. The van der Waals surface area contributed by atoms with Gasteiger partial charge in [0.05, 0.1) is 16.3 Å². The molecule has 3 aromatic rings. The summed E-state index contributed by atoms with van der Waals surface area (Å²) in [7, 11) is 0. The van der Waals surface area contributed by atoms with Crippen molar-refractivity contribution in [2.24, 2.45) is 0 Å². The molecule has 0 saturated heterocycles. The number of nitrogens with zero attached hydrogens (tertiary/aromatic N) is 2. The van der Waals surface area contributed by atoms with Crippen LogP contribution in [0.4, 0.5) is 10.1 Å². The molecule has 3 rings (SSSR count). The van der Waals surface area contributed by atoms with Gasteiger partial charge < -0.3 is 4.52 Å². The van der Waals surface area contributed by atoms with Gasteiger partial charge in [0, 0.05) is 6.54 Å². The summed E-state index contributed by atoms with van der Waals surface area (Å²) in [5.41, 5.74) is 5.04. The van der Waals surface area contributed by atoms with Gasteiger partial charge in [-0.25, -0.2) is 4.39 Å². The normalized spacial score (nSPS) is 10.7. The van der Waals surface area contributed by atoms with Crippen LogP contribution in [-0.2, 0) is 0 Å². The lowest BCUT2D eigenvalue weighted by atomic mass is 10.1. The molecule has 1 heterocycles. The smallest absolute Gasteiger partial charge is 0.275 e. The van der Waals surface area contributed by atoms with Crippen LogP contribution in [0.2, 0.25) is 5.02 Å². The largest absolute Gasteiger partial charge is 0.360 e. The zero-order chi connectivity index (χ0) is 19.6. The molecule has 0 saturated carbocycles. The van der Waals surface area contributed by atoms with Crippen LogP contribution in [0, 0.1) is 19.7 Å². The van der Waals surface area contributed by atoms with Gasteiger partial charge in [0.1, 0.15) is 22.8 Å². The molecule has 1 N–H and O–H groups in total. The molecule has 0 aliphatic heterocycles. The fourth-order valence-electron chi connectivity index (χ4n) is 2.76. The summed E-state index contributed by atoms with van der Waals surface area (Å²) < 4.78 is 19.5. The van der Waals surface area contributed by atoms with E-state index in [1.54, 1.807) is 11.9 Å². The average Bonchev–Trinajstić information content (AvgIpc) is 3.01. The fourth-order valence-corrected chi connectivity index (χ4v) is 3.02. The molecule has 0 atom stereocenters. The number of hydrogen-bond donors (Lipinski definition) is 1. The van der Waals surface area contributed by atoms with Gasteiger partial charge in [-0.3, -0.25) is 15.2 Å². The second kappa shape index (κ2) is 7.80. The highest BCUT2D eigenvalue weighted by Gasteiger charge is 2.26. The van der Waals surface area contributed by atoms with E-state index in [1.807, 2.05) is 38.1 Å². The lowest BCUT2D eigenvalue weighted by molar-refractivity contribution is 0.0948. The molecule has 27 heavy (non-hydrogen) atoms. The predicted octanol–water partition coefficient (Wildman–Crippen LogP) is 4.92. The van der Waals surface area contributed by atoms with E-state index >= 15 is 0 Å². The number of benzene rings is 2. The van der Waals surface area contributed by atoms with Crippen LogP contribution in [0.3, 0.4) is 0 Å². The van der Waals surface area contributed by atoms with E-state index in [9.17, 15) is 9.18 Å². The van der Waals surface area contributed by atoms with Gasteiger partial charge in [0.15, 0.2) is 0 Å². The Hall–Kier alpha value is -2.86. The van der Waals surface area contributed by atoms with Gasteiger partial charge >= 0.3 is 0 Å². The fraction of sp³-hybridized carbons (Fsp3) is 0.200. The zero-order valence-electron chi connectivity index (χ0n) is 15.2. The highest BCUT2D eigenvalue weighted by molar-refractivity contribution is 6.33. The lowest BCUT2D eigenvalue weighted by Gasteiger charge is -2.24. The maximum absolute atomic E-state index is 14.3. The summed E-state index contributed by atoms with van der Waals surface area (Å²) in [5, 5.41) is 5.72. The van der Waals surface area contributed by atoms with E-state index in [2.05, 4.69) is 10.6 Å². The number of carbonyl (C=O) groups is 1. The van der Waals surface area contributed by atoms with Gasteiger partial charge in [0.25, 0.3) is 5.91 Å². The lowest BCUT2D eigenvalue weighted by Crippen LogP contribution is -2.42. The Morgan fingerprint density at radius 2 is 1.93 bits per heavy atom. The van der Waals surface area contributed by atoms with Crippen molar-refractivity contribution in [3.63, 3.8) is 0 Å². The Balaban J connectivity index is 1.96. The number of anilines is 1. The molecule has 0 spiro atoms. The topological polar surface area (TPSA) is 58.4 Å². The van der Waals surface area contributed by atoms with Gasteiger partial charge in [-0.2, -0.15) is 0 Å². The van der Waals surface area contributed by atoms with Crippen molar-refractivity contribution in [3.05, 3.63) is 70.2 Å². The zero-order valence-corrected chi connectivity index (χ0v) is 16.0. The Labute approximate surface area is 161 Å². The van der Waals surface area contributed by atoms with Crippen molar-refractivity contribution in [3.8, 4) is 11.3 Å². The van der Waals surface area contributed by atoms with E-state index in [4.69, 9.17) is 16.1 Å². The van der Waals surface area contributed by atoms with Crippen LogP contribution in [0.1, 0.15) is 28.6 Å². The Kier molecular flexibility index (Phi) is 5.46. The summed E-state index contributed by atoms with van der Waals surface area (Å²) in [6.07, 6.45) is 0. The van der Waals surface area contributed by atoms with Crippen molar-refractivity contribution in [1.82, 2.24) is 10.6 Å². The number of halogens is 2. The highest BCUT2D eigenvalue weighted by Crippen LogP contribution is 2.33. The monoisotopic (exact) mass is 387 g/mol. The molecule has 5 nitrogen and oxygen atoms in total. The minimum absolute atomic E-state index is 0.0413. The quantitative estimate of drug-likeness (QED) is 0.631. The van der Waals surface area contributed by atoms with Crippen molar-refractivity contribution in [1.29, 1.82) is 0 Å². The molecule has 140 valence electrons. The van der Waals surface area contributed by atoms with Crippen LogP contribution in [0.5, 0.6) is 0 Å². The number of nitrogens with one attached hydrogen (secondary N) is 1. The van der Waals surface area contributed by atoms with Gasteiger partial charge in [-0.15, -0.1) is 0 Å². The van der Waals surface area contributed by atoms with Crippen molar-refractivity contribution in [2.75, 3.05) is 11.6 Å². The minimum Gasteiger partial charge on any atom is -0.360 e. The molecule has 0 radical (unpaired) electrons. The Morgan fingerprint density at radius 1 is 1.22 bits per heavy atom. The first kappa shape index (κ1) is 18.9. The third-order valence-electron chi connectivity index (χ3n) is 4.19. The van der Waals surface area contributed by atoms with Crippen LogP contribution >= 0.6 is 11.6 Å². The Bertz CT molecular complexity index is 950. The molecule has 0 aliphatic rings. The summed E-state index contributed by atoms with van der Waals surface area (Å²) in [5.74, 6) is -0.747. The van der Waals surface area contributed by atoms with Gasteiger partial charge in [-0.1, -0.05) is 40.5 Å². The summed E-state index contributed by atoms with van der Waals surface area (Å²) in [6.45, 7) is 6.04. The third kappa shape index (κ3) is 3.80. The number of aryl methyl sites for hydroxylation is 2. The van der Waals surface area contributed by atoms with Gasteiger partial charge in [0.2, 0.25) is 0 Å². The van der Waals surface area contributed by atoms with Crippen LogP contribution in [0.15, 0.2) is 47.0 Å². The van der Waals surface area contributed by atoms with E-state index < -0.39 is 11.7 Å². The average molecular weight is 388 g/mol. The van der Waals surface area contributed by atoms with Crippen molar-refractivity contribution in [2.45, 2.75) is 20.8 Å². The minimum atomic E-state index is -0.573. The predicted molar refractivity (Wildman–Crippen MR) is 103 cm³/mol. The molecule has 0 bridgehead atoms. The molecule has 0 fully saturated rings. The number of hydrogen-bond acceptors (Lipinski definition) is 4. The molecule has 1 amide bonds. The van der Waals surface area contributed by atoms with Crippen molar-refractivity contribution >= 4 is 23.2 Å². The molecular formula is C20H19ClFN3O2. The van der Waals surface area contributed by atoms with Crippen LogP contribution < -0.4 is 10.4 Å². The summed E-state index contributed by atoms with van der Waals surface area (Å²) >= 11 is 6.13. The summed E-state index contributed by atoms with van der Waals surface area (Å²) in [4.78, 5) is 12.9. The van der Waals surface area contributed by atoms with E-state index in [1.165, 1.54) is 18.2 Å². The number of amides is 1.